The van der Waals surface area contributed by atoms with E-state index in [4.69, 9.17) is 0 Å². The molecule has 3 rings (SSSR count). The number of hydrogen-bond donors (Lipinski definition) is 1. The minimum atomic E-state index is -0.148. The third kappa shape index (κ3) is 3.39. The Labute approximate surface area is 135 Å². The first kappa shape index (κ1) is 15.2. The highest BCUT2D eigenvalue weighted by Gasteiger charge is 2.30. The van der Waals surface area contributed by atoms with E-state index in [0.717, 1.165) is 24.9 Å². The summed E-state index contributed by atoms with van der Waals surface area (Å²) < 4.78 is 0. The molecule has 1 fully saturated rings. The van der Waals surface area contributed by atoms with Gasteiger partial charge in [0.15, 0.2) is 0 Å². The Bertz CT molecular complexity index is 715. The van der Waals surface area contributed by atoms with Crippen molar-refractivity contribution in [3.05, 3.63) is 59.9 Å². The fourth-order valence-electron chi connectivity index (χ4n) is 3.04. The number of anilines is 1. The molecule has 1 aromatic heterocycles. The maximum absolute atomic E-state index is 12.9. The van der Waals surface area contributed by atoms with Gasteiger partial charge in [0.25, 0.3) is 5.91 Å². The average molecular weight is 309 g/mol. The molecule has 1 aliphatic heterocycles. The van der Waals surface area contributed by atoms with Gasteiger partial charge in [-0.15, -0.1) is 0 Å². The molecule has 5 nitrogen and oxygen atoms in total. The molecule has 2 aromatic rings. The maximum atomic E-state index is 12.9. The minimum Gasteiger partial charge on any atom is -0.332 e. The number of amides is 2. The standard InChI is InChI=1S/C18H19N3O2/c1-13(22)20-16-5-2-4-15(12-16)18(23)21-11-3-6-17(21)14-7-9-19-10-8-14/h2,4-5,7-10,12,17H,3,6,11H2,1H3,(H,20,22). The molecular weight excluding hydrogens is 290 g/mol. The van der Waals surface area contributed by atoms with Crippen LogP contribution in [0.4, 0.5) is 5.69 Å². The summed E-state index contributed by atoms with van der Waals surface area (Å²) in [5.41, 5.74) is 2.35. The van der Waals surface area contributed by atoms with Gasteiger partial charge >= 0.3 is 0 Å². The number of nitrogens with zero attached hydrogens (tertiary/aromatic N) is 2. The highest BCUT2D eigenvalue weighted by molar-refractivity contribution is 5.97. The third-order valence-electron chi connectivity index (χ3n) is 4.03. The van der Waals surface area contributed by atoms with E-state index in [9.17, 15) is 9.59 Å². The van der Waals surface area contributed by atoms with Crippen LogP contribution in [0, 0.1) is 0 Å². The second kappa shape index (κ2) is 6.60. The molecule has 2 amide bonds. The van der Waals surface area contributed by atoms with Crippen molar-refractivity contribution in [3.63, 3.8) is 0 Å². The van der Waals surface area contributed by atoms with Crippen molar-refractivity contribution in [2.24, 2.45) is 0 Å². The molecular formula is C18H19N3O2. The number of pyridine rings is 1. The van der Waals surface area contributed by atoms with Crippen LogP contribution in [0.15, 0.2) is 48.8 Å². The van der Waals surface area contributed by atoms with Crippen molar-refractivity contribution in [3.8, 4) is 0 Å². The summed E-state index contributed by atoms with van der Waals surface area (Å²) in [6.07, 6.45) is 5.46. The first-order valence-electron chi connectivity index (χ1n) is 7.73. The fourth-order valence-corrected chi connectivity index (χ4v) is 3.04. The quantitative estimate of drug-likeness (QED) is 0.948. The van der Waals surface area contributed by atoms with Crippen LogP contribution in [0.1, 0.15) is 41.7 Å². The number of carbonyl (C=O) groups is 2. The van der Waals surface area contributed by atoms with E-state index in [1.807, 2.05) is 17.0 Å². The van der Waals surface area contributed by atoms with Crippen LogP contribution in [0.2, 0.25) is 0 Å². The highest BCUT2D eigenvalue weighted by atomic mass is 16.2. The van der Waals surface area contributed by atoms with E-state index >= 15 is 0 Å². The number of nitrogens with one attached hydrogen (secondary N) is 1. The molecule has 1 aromatic carbocycles. The van der Waals surface area contributed by atoms with Gasteiger partial charge in [-0.3, -0.25) is 14.6 Å². The van der Waals surface area contributed by atoms with Gasteiger partial charge in [-0.1, -0.05) is 6.07 Å². The summed E-state index contributed by atoms with van der Waals surface area (Å²) >= 11 is 0. The molecule has 1 unspecified atom stereocenters. The maximum Gasteiger partial charge on any atom is 0.254 e. The monoisotopic (exact) mass is 309 g/mol. The summed E-state index contributed by atoms with van der Waals surface area (Å²) in [6.45, 7) is 2.20. The number of benzene rings is 1. The summed E-state index contributed by atoms with van der Waals surface area (Å²) in [6, 6.07) is 11.1. The van der Waals surface area contributed by atoms with Crippen LogP contribution in [0.5, 0.6) is 0 Å². The largest absolute Gasteiger partial charge is 0.332 e. The lowest BCUT2D eigenvalue weighted by Gasteiger charge is -2.25. The molecule has 2 heterocycles. The summed E-state index contributed by atoms with van der Waals surface area (Å²) in [5, 5.41) is 2.72. The Morgan fingerprint density at radius 1 is 1.22 bits per heavy atom. The fraction of sp³-hybridized carbons (Fsp3) is 0.278. The van der Waals surface area contributed by atoms with Crippen LogP contribution in [-0.4, -0.2) is 28.2 Å². The number of likely N-dealkylation sites (tertiary alicyclic amines) is 1. The molecule has 1 N–H and O–H groups in total. The van der Waals surface area contributed by atoms with Gasteiger partial charge in [-0.25, -0.2) is 0 Å². The van der Waals surface area contributed by atoms with Gasteiger partial charge < -0.3 is 10.2 Å². The first-order chi connectivity index (χ1) is 11.1. The van der Waals surface area contributed by atoms with Gasteiger partial charge in [0.2, 0.25) is 5.91 Å². The van der Waals surface area contributed by atoms with Crippen LogP contribution in [-0.2, 0) is 4.79 Å². The van der Waals surface area contributed by atoms with Crippen molar-refractivity contribution in [1.29, 1.82) is 0 Å². The van der Waals surface area contributed by atoms with Crippen LogP contribution >= 0.6 is 0 Å². The lowest BCUT2D eigenvalue weighted by atomic mass is 10.1. The Morgan fingerprint density at radius 2 is 2.00 bits per heavy atom. The molecule has 5 heteroatoms. The zero-order valence-electron chi connectivity index (χ0n) is 13.0. The molecule has 23 heavy (non-hydrogen) atoms. The minimum absolute atomic E-state index is 0.00323. The molecule has 1 saturated heterocycles. The zero-order chi connectivity index (χ0) is 16.2. The van der Waals surface area contributed by atoms with Gasteiger partial charge in [0, 0.05) is 37.1 Å². The molecule has 0 saturated carbocycles. The van der Waals surface area contributed by atoms with Gasteiger partial charge in [0.05, 0.1) is 6.04 Å². The van der Waals surface area contributed by atoms with Gasteiger partial charge in [-0.2, -0.15) is 0 Å². The van der Waals surface area contributed by atoms with Crippen molar-refractivity contribution >= 4 is 17.5 Å². The lowest BCUT2D eigenvalue weighted by molar-refractivity contribution is -0.114. The van der Waals surface area contributed by atoms with E-state index in [2.05, 4.69) is 10.3 Å². The van der Waals surface area contributed by atoms with Crippen molar-refractivity contribution in [1.82, 2.24) is 9.88 Å². The number of rotatable bonds is 3. The number of hydrogen-bond acceptors (Lipinski definition) is 3. The first-order valence-corrected chi connectivity index (χ1v) is 7.73. The van der Waals surface area contributed by atoms with E-state index in [-0.39, 0.29) is 17.9 Å². The summed E-state index contributed by atoms with van der Waals surface area (Å²) in [4.78, 5) is 30.0. The number of aromatic nitrogens is 1. The van der Waals surface area contributed by atoms with Crippen molar-refractivity contribution in [2.75, 3.05) is 11.9 Å². The van der Waals surface area contributed by atoms with Gasteiger partial charge in [-0.05, 0) is 48.7 Å². The smallest absolute Gasteiger partial charge is 0.254 e. The molecule has 0 bridgehead atoms. The Kier molecular flexibility index (Phi) is 4.37. The zero-order valence-corrected chi connectivity index (χ0v) is 13.0. The predicted molar refractivity (Wildman–Crippen MR) is 88.0 cm³/mol. The molecule has 0 aliphatic carbocycles. The van der Waals surface area contributed by atoms with E-state index in [1.165, 1.54) is 6.92 Å². The average Bonchev–Trinajstić information content (AvgIpc) is 3.04. The van der Waals surface area contributed by atoms with Crippen molar-refractivity contribution in [2.45, 2.75) is 25.8 Å². The third-order valence-corrected chi connectivity index (χ3v) is 4.03. The Morgan fingerprint density at radius 3 is 2.74 bits per heavy atom. The molecule has 1 aliphatic rings. The second-order valence-corrected chi connectivity index (χ2v) is 5.70. The number of carbonyl (C=O) groups excluding carboxylic acids is 2. The highest BCUT2D eigenvalue weighted by Crippen LogP contribution is 2.33. The van der Waals surface area contributed by atoms with E-state index in [1.54, 1.807) is 36.7 Å². The molecule has 0 spiro atoms. The van der Waals surface area contributed by atoms with E-state index in [0.29, 0.717) is 11.3 Å². The van der Waals surface area contributed by atoms with E-state index < -0.39 is 0 Å². The second-order valence-electron chi connectivity index (χ2n) is 5.70. The Balaban J connectivity index is 1.83. The Hall–Kier alpha value is -2.69. The van der Waals surface area contributed by atoms with Crippen molar-refractivity contribution < 1.29 is 9.59 Å². The molecule has 1 atom stereocenters. The SMILES string of the molecule is CC(=O)Nc1cccc(C(=O)N2CCCC2c2ccncc2)c1. The van der Waals surface area contributed by atoms with Crippen LogP contribution < -0.4 is 5.32 Å². The topological polar surface area (TPSA) is 62.3 Å². The molecule has 0 radical (unpaired) electrons. The lowest BCUT2D eigenvalue weighted by Crippen LogP contribution is -2.30. The van der Waals surface area contributed by atoms with Gasteiger partial charge in [0.1, 0.15) is 0 Å². The molecule has 118 valence electrons. The summed E-state index contributed by atoms with van der Waals surface area (Å²) in [7, 11) is 0. The summed E-state index contributed by atoms with van der Waals surface area (Å²) in [5.74, 6) is -0.151. The normalized spacial score (nSPS) is 17.1. The van der Waals surface area contributed by atoms with Crippen LogP contribution in [0.25, 0.3) is 0 Å². The van der Waals surface area contributed by atoms with Crippen LogP contribution in [0.3, 0.4) is 0 Å². The predicted octanol–water partition coefficient (Wildman–Crippen LogP) is 3.02.